The van der Waals surface area contributed by atoms with Crippen LogP contribution < -0.4 is 5.73 Å². The van der Waals surface area contributed by atoms with Crippen molar-refractivity contribution in [3.8, 4) is 0 Å². The van der Waals surface area contributed by atoms with Gasteiger partial charge in [0.25, 0.3) is 0 Å². The molecule has 1 aromatic carbocycles. The van der Waals surface area contributed by atoms with Crippen molar-refractivity contribution in [3.63, 3.8) is 0 Å². The second kappa shape index (κ2) is 6.45. The number of hydrogen-bond acceptors (Lipinski definition) is 3. The molecule has 0 unspecified atom stereocenters. The molecule has 0 aliphatic heterocycles. The topological polar surface area (TPSA) is 52.3 Å². The highest BCUT2D eigenvalue weighted by atomic mass is 35.5. The summed E-state index contributed by atoms with van der Waals surface area (Å²) < 4.78 is 17.3. The van der Waals surface area contributed by atoms with Crippen LogP contribution in [0.1, 0.15) is 23.6 Å². The number of carbonyl (C=O) groups excluding carboxylic acids is 1. The van der Waals surface area contributed by atoms with Gasteiger partial charge < -0.3 is 10.5 Å². The van der Waals surface area contributed by atoms with Gasteiger partial charge in [0.2, 0.25) is 0 Å². The number of methoxy groups -OCH3 is 1. The molecule has 0 fully saturated rings. The number of rotatable bonds is 3. The quantitative estimate of drug-likeness (QED) is 0.833. The highest BCUT2D eigenvalue weighted by Crippen LogP contribution is 2.19. The maximum atomic E-state index is 12.8. The van der Waals surface area contributed by atoms with Crippen molar-refractivity contribution in [2.45, 2.75) is 19.4 Å². The SMILES string of the molecule is COC(=O)C[C@H](N)c1ccc(F)cc1C.Cl. The van der Waals surface area contributed by atoms with Gasteiger partial charge in [-0.15, -0.1) is 12.4 Å². The Labute approximate surface area is 100 Å². The van der Waals surface area contributed by atoms with Gasteiger partial charge in [-0.3, -0.25) is 4.79 Å². The Morgan fingerprint density at radius 1 is 1.56 bits per heavy atom. The Morgan fingerprint density at radius 3 is 2.69 bits per heavy atom. The fraction of sp³-hybridized carbons (Fsp3) is 0.364. The Morgan fingerprint density at radius 2 is 2.19 bits per heavy atom. The van der Waals surface area contributed by atoms with E-state index in [2.05, 4.69) is 4.74 Å². The molecule has 0 spiro atoms. The summed E-state index contributed by atoms with van der Waals surface area (Å²) in [6, 6.07) is 3.88. The van der Waals surface area contributed by atoms with Gasteiger partial charge >= 0.3 is 5.97 Å². The fourth-order valence-corrected chi connectivity index (χ4v) is 1.43. The number of ether oxygens (including phenoxy) is 1. The zero-order chi connectivity index (χ0) is 11.4. The Kier molecular flexibility index (Phi) is 6.00. The van der Waals surface area contributed by atoms with Crippen LogP contribution in [0.15, 0.2) is 18.2 Å². The van der Waals surface area contributed by atoms with Crippen molar-refractivity contribution in [1.82, 2.24) is 0 Å². The van der Waals surface area contributed by atoms with Crippen molar-refractivity contribution < 1.29 is 13.9 Å². The first-order valence-corrected chi connectivity index (χ1v) is 4.63. The Hall–Kier alpha value is -1.13. The second-order valence-corrected chi connectivity index (χ2v) is 3.39. The maximum absolute atomic E-state index is 12.8. The predicted molar refractivity (Wildman–Crippen MR) is 61.9 cm³/mol. The Bertz CT molecular complexity index is 371. The summed E-state index contributed by atoms with van der Waals surface area (Å²) in [4.78, 5) is 11.0. The van der Waals surface area contributed by atoms with Gasteiger partial charge in [-0.1, -0.05) is 6.07 Å². The van der Waals surface area contributed by atoms with E-state index in [1.165, 1.54) is 19.2 Å². The lowest BCUT2D eigenvalue weighted by molar-refractivity contribution is -0.141. The molecular weight excluding hydrogens is 233 g/mol. The molecule has 0 aromatic heterocycles. The molecule has 0 aliphatic rings. The molecule has 16 heavy (non-hydrogen) atoms. The molecule has 0 radical (unpaired) electrons. The third kappa shape index (κ3) is 3.79. The fourth-order valence-electron chi connectivity index (χ4n) is 1.43. The van der Waals surface area contributed by atoms with Crippen LogP contribution in [0, 0.1) is 12.7 Å². The van der Waals surface area contributed by atoms with E-state index in [4.69, 9.17) is 5.73 Å². The average Bonchev–Trinajstić information content (AvgIpc) is 2.17. The number of esters is 1. The summed E-state index contributed by atoms with van der Waals surface area (Å²) in [5.41, 5.74) is 7.31. The highest BCUT2D eigenvalue weighted by Gasteiger charge is 2.13. The molecule has 0 heterocycles. The summed E-state index contributed by atoms with van der Waals surface area (Å²) in [6.45, 7) is 1.76. The van der Waals surface area contributed by atoms with Gasteiger partial charge in [0, 0.05) is 6.04 Å². The first-order valence-electron chi connectivity index (χ1n) is 4.63. The van der Waals surface area contributed by atoms with Crippen LogP contribution in [0.5, 0.6) is 0 Å². The van der Waals surface area contributed by atoms with Crippen molar-refractivity contribution in [2.24, 2.45) is 5.73 Å². The van der Waals surface area contributed by atoms with Crippen molar-refractivity contribution in [2.75, 3.05) is 7.11 Å². The summed E-state index contributed by atoms with van der Waals surface area (Å²) in [6.07, 6.45) is 0.100. The van der Waals surface area contributed by atoms with E-state index in [1.807, 2.05) is 0 Å². The second-order valence-electron chi connectivity index (χ2n) is 3.39. The van der Waals surface area contributed by atoms with Gasteiger partial charge in [-0.05, 0) is 30.2 Å². The standard InChI is InChI=1S/C11H14FNO2.ClH/c1-7-5-8(12)3-4-9(7)10(13)6-11(14)15-2;/h3-5,10H,6,13H2,1-2H3;1H/t10-;/m0./s1. The van der Waals surface area contributed by atoms with Crippen molar-refractivity contribution in [1.29, 1.82) is 0 Å². The van der Waals surface area contributed by atoms with E-state index in [1.54, 1.807) is 13.0 Å². The van der Waals surface area contributed by atoms with Crippen LogP contribution in [-0.4, -0.2) is 13.1 Å². The zero-order valence-corrected chi connectivity index (χ0v) is 10.0. The summed E-state index contributed by atoms with van der Waals surface area (Å²) in [7, 11) is 1.31. The molecule has 1 aromatic rings. The van der Waals surface area contributed by atoms with Gasteiger partial charge in [0.05, 0.1) is 13.5 Å². The minimum Gasteiger partial charge on any atom is -0.469 e. The van der Waals surface area contributed by atoms with Crippen LogP contribution in [0.2, 0.25) is 0 Å². The number of hydrogen-bond donors (Lipinski definition) is 1. The number of halogens is 2. The van der Waals surface area contributed by atoms with E-state index in [0.29, 0.717) is 0 Å². The van der Waals surface area contributed by atoms with Crippen LogP contribution >= 0.6 is 12.4 Å². The van der Waals surface area contributed by atoms with E-state index in [-0.39, 0.29) is 30.6 Å². The summed E-state index contributed by atoms with van der Waals surface area (Å²) in [5.74, 6) is -0.673. The first kappa shape index (κ1) is 14.9. The van der Waals surface area contributed by atoms with E-state index < -0.39 is 6.04 Å². The van der Waals surface area contributed by atoms with Crippen LogP contribution in [0.25, 0.3) is 0 Å². The minimum absolute atomic E-state index is 0. The largest absolute Gasteiger partial charge is 0.469 e. The lowest BCUT2D eigenvalue weighted by Gasteiger charge is -2.13. The van der Waals surface area contributed by atoms with E-state index in [9.17, 15) is 9.18 Å². The molecule has 0 bridgehead atoms. The van der Waals surface area contributed by atoms with Crippen molar-refractivity contribution in [3.05, 3.63) is 35.1 Å². The number of benzene rings is 1. The smallest absolute Gasteiger partial charge is 0.307 e. The molecule has 0 aliphatic carbocycles. The van der Waals surface area contributed by atoms with Gasteiger partial charge in [0.1, 0.15) is 5.82 Å². The maximum Gasteiger partial charge on any atom is 0.307 e. The summed E-state index contributed by atoms with van der Waals surface area (Å²) in [5, 5.41) is 0. The molecule has 0 saturated carbocycles. The molecule has 1 rings (SSSR count). The average molecular weight is 248 g/mol. The zero-order valence-electron chi connectivity index (χ0n) is 9.20. The lowest BCUT2D eigenvalue weighted by Crippen LogP contribution is -2.17. The normalized spacial score (nSPS) is 11.5. The Balaban J connectivity index is 0.00000225. The molecule has 5 heteroatoms. The van der Waals surface area contributed by atoms with Gasteiger partial charge in [0.15, 0.2) is 0 Å². The number of aryl methyl sites for hydroxylation is 1. The third-order valence-electron chi connectivity index (χ3n) is 2.25. The highest BCUT2D eigenvalue weighted by molar-refractivity contribution is 5.85. The van der Waals surface area contributed by atoms with Crippen molar-refractivity contribution >= 4 is 18.4 Å². The van der Waals surface area contributed by atoms with Gasteiger partial charge in [-0.25, -0.2) is 4.39 Å². The minimum atomic E-state index is -0.446. The molecule has 1 atom stereocenters. The van der Waals surface area contributed by atoms with E-state index in [0.717, 1.165) is 11.1 Å². The molecular formula is C11H15ClFNO2. The molecule has 90 valence electrons. The predicted octanol–water partition coefficient (Wildman–Crippen LogP) is 2.12. The molecule has 2 N–H and O–H groups in total. The first-order chi connectivity index (χ1) is 7.04. The monoisotopic (exact) mass is 247 g/mol. The molecule has 0 amide bonds. The third-order valence-corrected chi connectivity index (χ3v) is 2.25. The van der Waals surface area contributed by atoms with Crippen LogP contribution in [0.4, 0.5) is 4.39 Å². The number of nitrogens with two attached hydrogens (primary N) is 1. The molecule has 3 nitrogen and oxygen atoms in total. The lowest BCUT2D eigenvalue weighted by atomic mass is 9.99. The number of carbonyl (C=O) groups is 1. The van der Waals surface area contributed by atoms with E-state index >= 15 is 0 Å². The summed E-state index contributed by atoms with van der Waals surface area (Å²) >= 11 is 0. The van der Waals surface area contributed by atoms with Crippen LogP contribution in [-0.2, 0) is 9.53 Å². The molecule has 0 saturated heterocycles. The van der Waals surface area contributed by atoms with Gasteiger partial charge in [-0.2, -0.15) is 0 Å². The van der Waals surface area contributed by atoms with Crippen LogP contribution in [0.3, 0.4) is 0 Å².